The first-order valence-electron chi connectivity index (χ1n) is 11.8. The van der Waals surface area contributed by atoms with Gasteiger partial charge in [0.05, 0.1) is 24.2 Å². The predicted octanol–water partition coefficient (Wildman–Crippen LogP) is 4.36. The lowest BCUT2D eigenvalue weighted by atomic mass is 9.89. The van der Waals surface area contributed by atoms with Crippen LogP contribution in [0.4, 0.5) is 0 Å². The number of fused-ring (bicyclic) bond motifs is 1. The summed E-state index contributed by atoms with van der Waals surface area (Å²) in [6.07, 6.45) is 3.45. The molecule has 7 heteroatoms. The van der Waals surface area contributed by atoms with Gasteiger partial charge in [-0.2, -0.15) is 0 Å². The summed E-state index contributed by atoms with van der Waals surface area (Å²) in [7, 11) is -3.53. The van der Waals surface area contributed by atoms with Gasteiger partial charge in [-0.05, 0) is 70.7 Å². The van der Waals surface area contributed by atoms with Gasteiger partial charge < -0.3 is 15.3 Å². The summed E-state index contributed by atoms with van der Waals surface area (Å²) in [4.78, 5) is 4.50. The molecule has 2 heterocycles. The topological polar surface area (TPSA) is 108 Å². The van der Waals surface area contributed by atoms with E-state index in [0.717, 1.165) is 27.6 Å². The normalized spacial score (nSPS) is 19.0. The van der Waals surface area contributed by atoms with E-state index in [4.69, 9.17) is 0 Å². The van der Waals surface area contributed by atoms with E-state index in [1.54, 1.807) is 12.3 Å². The maximum Gasteiger partial charge on any atom is 0.163 e. The van der Waals surface area contributed by atoms with E-state index in [2.05, 4.69) is 4.98 Å². The molecule has 1 aliphatic rings. The summed E-state index contributed by atoms with van der Waals surface area (Å²) < 4.78 is 25.2. The molecular formula is C28H31NO5S. The maximum absolute atomic E-state index is 12.6. The lowest BCUT2D eigenvalue weighted by Gasteiger charge is -2.21. The minimum absolute atomic E-state index is 0.0415. The van der Waals surface area contributed by atoms with Crippen molar-refractivity contribution in [1.29, 1.82) is 0 Å². The van der Waals surface area contributed by atoms with Crippen molar-refractivity contribution in [2.24, 2.45) is 5.92 Å². The van der Waals surface area contributed by atoms with Crippen molar-refractivity contribution in [2.45, 2.75) is 38.0 Å². The summed E-state index contributed by atoms with van der Waals surface area (Å²) >= 11 is 0. The molecule has 2 atom stereocenters. The van der Waals surface area contributed by atoms with Crippen LogP contribution in [0.1, 0.15) is 37.9 Å². The monoisotopic (exact) mass is 493 g/mol. The highest BCUT2D eigenvalue weighted by molar-refractivity contribution is 7.92. The van der Waals surface area contributed by atoms with Crippen LogP contribution in [-0.2, 0) is 9.84 Å². The van der Waals surface area contributed by atoms with Crippen LogP contribution in [-0.4, -0.2) is 52.4 Å². The number of allylic oxidation sites excluding steroid dienone is 1. The van der Waals surface area contributed by atoms with Crippen LogP contribution in [0.3, 0.4) is 0 Å². The van der Waals surface area contributed by atoms with Crippen LogP contribution >= 0.6 is 0 Å². The summed E-state index contributed by atoms with van der Waals surface area (Å²) in [6.45, 7) is 3.28. The van der Waals surface area contributed by atoms with Crippen LogP contribution in [0.25, 0.3) is 22.4 Å². The van der Waals surface area contributed by atoms with Crippen molar-refractivity contribution in [3.63, 3.8) is 0 Å². The average Bonchev–Trinajstić information content (AvgIpc) is 3.14. The zero-order valence-electron chi connectivity index (χ0n) is 19.9. The number of aromatic nitrogens is 1. The number of aromatic hydroxyl groups is 1. The fourth-order valence-electron chi connectivity index (χ4n) is 4.84. The Labute approximate surface area is 206 Å². The van der Waals surface area contributed by atoms with Crippen molar-refractivity contribution >= 4 is 32.3 Å². The third-order valence-electron chi connectivity index (χ3n) is 6.68. The standard InChI is InChI=1S/C28H31NO5S/c1-18(2)23-17-35(33,34)27(16-30)28(23)26(32)13-11-20(24-9-5-6-14-29-24)15-19-10-12-25(31)22-8-4-3-7-21(19)22/h3-10,12,14-15,18,26-27,30-32H,11,13,16-17H2,1-2H3/b20-15-/t26-,27+/m1/s1. The first-order valence-corrected chi connectivity index (χ1v) is 13.5. The lowest BCUT2D eigenvalue weighted by Crippen LogP contribution is -2.29. The molecule has 0 bridgehead atoms. The Balaban J connectivity index is 1.70. The Bertz CT molecular complexity index is 1380. The average molecular weight is 494 g/mol. The number of benzene rings is 2. The second kappa shape index (κ2) is 10.3. The number of pyridine rings is 1. The van der Waals surface area contributed by atoms with Crippen molar-refractivity contribution < 1.29 is 23.7 Å². The van der Waals surface area contributed by atoms with Crippen LogP contribution < -0.4 is 0 Å². The predicted molar refractivity (Wildman–Crippen MR) is 139 cm³/mol. The van der Waals surface area contributed by atoms with Crippen molar-refractivity contribution in [3.8, 4) is 5.75 Å². The molecule has 3 N–H and O–H groups in total. The summed E-state index contributed by atoms with van der Waals surface area (Å²) in [5, 5.41) is 31.8. The van der Waals surface area contributed by atoms with E-state index in [9.17, 15) is 23.7 Å². The molecule has 4 rings (SSSR count). The molecule has 184 valence electrons. The zero-order valence-corrected chi connectivity index (χ0v) is 20.7. The molecular weight excluding hydrogens is 462 g/mol. The number of phenols is 1. The lowest BCUT2D eigenvalue weighted by molar-refractivity contribution is 0.189. The minimum atomic E-state index is -3.53. The van der Waals surface area contributed by atoms with Crippen molar-refractivity contribution in [1.82, 2.24) is 4.98 Å². The summed E-state index contributed by atoms with van der Waals surface area (Å²) in [6, 6.07) is 16.7. The van der Waals surface area contributed by atoms with Crippen molar-refractivity contribution in [3.05, 3.63) is 83.2 Å². The van der Waals surface area contributed by atoms with Crippen LogP contribution in [0.2, 0.25) is 0 Å². The van der Waals surface area contributed by atoms with Gasteiger partial charge in [-0.25, -0.2) is 8.42 Å². The van der Waals surface area contributed by atoms with Gasteiger partial charge in [0.15, 0.2) is 9.84 Å². The molecule has 0 saturated carbocycles. The van der Waals surface area contributed by atoms with E-state index in [-0.39, 0.29) is 23.8 Å². The zero-order chi connectivity index (χ0) is 25.2. The third-order valence-corrected chi connectivity index (χ3v) is 8.66. The van der Waals surface area contributed by atoms with Crippen molar-refractivity contribution in [2.75, 3.05) is 12.4 Å². The van der Waals surface area contributed by atoms with Crippen LogP contribution in [0, 0.1) is 5.92 Å². The number of aliphatic hydroxyl groups is 2. The van der Waals surface area contributed by atoms with Gasteiger partial charge in [0.1, 0.15) is 11.0 Å². The van der Waals surface area contributed by atoms with Gasteiger partial charge in [-0.15, -0.1) is 0 Å². The molecule has 35 heavy (non-hydrogen) atoms. The highest BCUT2D eigenvalue weighted by atomic mass is 32.2. The molecule has 3 aromatic rings. The molecule has 0 spiro atoms. The second-order valence-corrected chi connectivity index (χ2v) is 11.5. The molecule has 1 aromatic heterocycles. The number of rotatable bonds is 8. The fraction of sp³-hybridized carbons (Fsp3) is 0.321. The molecule has 0 amide bonds. The number of aliphatic hydroxyl groups excluding tert-OH is 2. The molecule has 0 radical (unpaired) electrons. The number of hydrogen-bond donors (Lipinski definition) is 3. The Morgan fingerprint density at radius 3 is 2.46 bits per heavy atom. The highest BCUT2D eigenvalue weighted by Gasteiger charge is 2.41. The van der Waals surface area contributed by atoms with E-state index < -0.39 is 27.8 Å². The Hall–Kier alpha value is -3.00. The van der Waals surface area contributed by atoms with Gasteiger partial charge in [-0.3, -0.25) is 4.98 Å². The van der Waals surface area contributed by atoms with Gasteiger partial charge in [-0.1, -0.05) is 50.2 Å². The number of nitrogens with zero attached hydrogens (tertiary/aromatic N) is 1. The quantitative estimate of drug-likeness (QED) is 0.403. The summed E-state index contributed by atoms with van der Waals surface area (Å²) in [5.74, 6) is 0.0448. The Kier molecular flexibility index (Phi) is 7.40. The SMILES string of the molecule is CC(C)C1=C([C@H](O)CC/C(=C/c2ccc(O)c3ccccc23)c2ccccn2)[C@H](CO)S(=O)(=O)C1. The van der Waals surface area contributed by atoms with E-state index >= 15 is 0 Å². The first-order chi connectivity index (χ1) is 16.7. The molecule has 0 unspecified atom stereocenters. The molecule has 1 aliphatic heterocycles. The Morgan fingerprint density at radius 1 is 1.09 bits per heavy atom. The molecule has 0 fully saturated rings. The van der Waals surface area contributed by atoms with Gasteiger partial charge in [0, 0.05) is 11.6 Å². The smallest absolute Gasteiger partial charge is 0.163 e. The summed E-state index contributed by atoms with van der Waals surface area (Å²) in [5.41, 5.74) is 3.69. The second-order valence-electron chi connectivity index (χ2n) is 9.27. The van der Waals surface area contributed by atoms with E-state index in [1.165, 1.54) is 0 Å². The number of sulfone groups is 1. The number of phenolic OH excluding ortho intramolecular Hbond substituents is 1. The third kappa shape index (κ3) is 5.17. The molecule has 0 aliphatic carbocycles. The van der Waals surface area contributed by atoms with E-state index in [1.807, 2.05) is 68.5 Å². The molecule has 0 saturated heterocycles. The molecule has 6 nitrogen and oxygen atoms in total. The van der Waals surface area contributed by atoms with Gasteiger partial charge in [0.25, 0.3) is 0 Å². The Morgan fingerprint density at radius 2 is 1.80 bits per heavy atom. The largest absolute Gasteiger partial charge is 0.507 e. The van der Waals surface area contributed by atoms with Gasteiger partial charge in [0.2, 0.25) is 0 Å². The fourth-order valence-corrected chi connectivity index (χ4v) is 6.89. The van der Waals surface area contributed by atoms with E-state index in [0.29, 0.717) is 17.6 Å². The molecule has 2 aromatic carbocycles. The maximum atomic E-state index is 12.6. The van der Waals surface area contributed by atoms with Crippen LogP contribution in [0.5, 0.6) is 5.75 Å². The highest BCUT2D eigenvalue weighted by Crippen LogP contribution is 2.36. The van der Waals surface area contributed by atoms with Crippen LogP contribution in [0.15, 0.2) is 71.9 Å². The van der Waals surface area contributed by atoms with Gasteiger partial charge >= 0.3 is 0 Å². The number of hydrogen-bond acceptors (Lipinski definition) is 6. The minimum Gasteiger partial charge on any atom is -0.507 e. The first kappa shape index (κ1) is 25.1.